The van der Waals surface area contributed by atoms with Crippen LogP contribution in [-0.2, 0) is 29.8 Å². The number of para-hydroxylation sites is 2. The van der Waals surface area contributed by atoms with Crippen LogP contribution in [0.1, 0.15) is 26.0 Å². The third kappa shape index (κ3) is 2.51. The number of benzene rings is 1. The van der Waals surface area contributed by atoms with Gasteiger partial charge in [-0.1, -0.05) is 17.3 Å². The van der Waals surface area contributed by atoms with E-state index in [1.807, 2.05) is 54.7 Å². The van der Waals surface area contributed by atoms with Gasteiger partial charge in [0.2, 0.25) is 5.60 Å². The first-order chi connectivity index (χ1) is 13.4. The summed E-state index contributed by atoms with van der Waals surface area (Å²) in [4.78, 5) is 25.0. The highest BCUT2D eigenvalue weighted by molar-refractivity contribution is 5.94. The van der Waals surface area contributed by atoms with Crippen LogP contribution in [0.3, 0.4) is 0 Å². The van der Waals surface area contributed by atoms with Gasteiger partial charge in [-0.3, -0.25) is 9.48 Å². The molecule has 1 amide bonds. The lowest BCUT2D eigenvalue weighted by Crippen LogP contribution is -2.49. The Morgan fingerprint density at radius 2 is 2.07 bits per heavy atom. The fourth-order valence-corrected chi connectivity index (χ4v) is 4.10. The van der Waals surface area contributed by atoms with Crippen LogP contribution in [0, 0.1) is 0 Å². The highest BCUT2D eigenvalue weighted by atomic mass is 16.7. The van der Waals surface area contributed by atoms with Crippen LogP contribution in [-0.4, -0.2) is 48.0 Å². The zero-order chi connectivity index (χ0) is 19.5. The smallest absolute Gasteiger partial charge is 0.270 e. The first-order valence-corrected chi connectivity index (χ1v) is 9.44. The van der Waals surface area contributed by atoms with E-state index in [0.29, 0.717) is 26.1 Å². The van der Waals surface area contributed by atoms with E-state index in [9.17, 15) is 4.79 Å². The number of carbonyl (C=O) groups is 1. The number of fused-ring (bicyclic) bond motifs is 2. The Balaban J connectivity index is 1.43. The molecule has 1 aromatic carbocycles. The minimum absolute atomic E-state index is 0.0233. The van der Waals surface area contributed by atoms with Crippen molar-refractivity contribution < 1.29 is 9.63 Å². The summed E-state index contributed by atoms with van der Waals surface area (Å²) in [6.45, 7) is 5.46. The van der Waals surface area contributed by atoms with Crippen LogP contribution >= 0.6 is 0 Å². The Morgan fingerprint density at radius 1 is 1.25 bits per heavy atom. The Hall–Kier alpha value is -3.16. The Labute approximate surface area is 162 Å². The molecule has 2 aliphatic rings. The second-order valence-electron chi connectivity index (χ2n) is 7.78. The van der Waals surface area contributed by atoms with Crippen molar-refractivity contribution >= 4 is 22.7 Å². The van der Waals surface area contributed by atoms with E-state index in [0.717, 1.165) is 34.0 Å². The second kappa shape index (κ2) is 5.92. The third-order valence-corrected chi connectivity index (χ3v) is 5.55. The predicted octanol–water partition coefficient (Wildman–Crippen LogP) is 2.33. The summed E-state index contributed by atoms with van der Waals surface area (Å²) in [6, 6.07) is 10.1. The lowest BCUT2D eigenvalue weighted by Gasteiger charge is -2.32. The number of aromatic nitrogens is 4. The molecule has 0 bridgehead atoms. The summed E-state index contributed by atoms with van der Waals surface area (Å²) in [5.41, 5.74) is 3.80. The second-order valence-corrected chi connectivity index (χ2v) is 7.78. The van der Waals surface area contributed by atoms with Gasteiger partial charge in [-0.05, 0) is 32.0 Å². The summed E-state index contributed by atoms with van der Waals surface area (Å²) in [5.74, 6) is 0.806. The van der Waals surface area contributed by atoms with Crippen LogP contribution < -0.4 is 0 Å². The molecule has 0 saturated heterocycles. The lowest BCUT2D eigenvalue weighted by molar-refractivity contribution is -0.154. The van der Waals surface area contributed by atoms with E-state index in [2.05, 4.69) is 15.8 Å². The topological polar surface area (TPSA) is 77.5 Å². The number of hydrogen-bond donors (Lipinski definition) is 0. The van der Waals surface area contributed by atoms with Crippen molar-refractivity contribution in [2.75, 3.05) is 6.54 Å². The van der Waals surface area contributed by atoms with Crippen molar-refractivity contribution in [2.24, 2.45) is 12.2 Å². The fourth-order valence-electron chi connectivity index (χ4n) is 4.10. The minimum atomic E-state index is -0.896. The summed E-state index contributed by atoms with van der Waals surface area (Å²) in [5, 5.41) is 8.70. The number of aryl methyl sites for hydroxylation is 1. The molecular formula is C20H22N6O2. The molecule has 4 heterocycles. The molecule has 144 valence electrons. The number of nitrogens with zero attached hydrogens (tertiary/aromatic N) is 6. The van der Waals surface area contributed by atoms with Crippen LogP contribution in [0.2, 0.25) is 0 Å². The number of carbonyl (C=O) groups excluding carboxylic acids is 1. The molecule has 28 heavy (non-hydrogen) atoms. The molecule has 0 spiro atoms. The van der Waals surface area contributed by atoms with E-state index >= 15 is 0 Å². The number of hydrogen-bond acceptors (Lipinski definition) is 5. The quantitative estimate of drug-likeness (QED) is 0.686. The average Bonchev–Trinajstić information content (AvgIpc) is 3.36. The monoisotopic (exact) mass is 378 g/mol. The minimum Gasteiger partial charge on any atom is -0.379 e. The standard InChI is InChI=1S/C20H22N6O2/c1-13-11-20(2,28-23-13)19(27)25-8-9-26-14(12-25)10-16(22-26)18-21-15-6-4-5-7-17(15)24(18)3/h4-7,10H,8-9,11-12H2,1-3H3. The molecule has 1 unspecified atom stereocenters. The summed E-state index contributed by atoms with van der Waals surface area (Å²) in [6.07, 6.45) is 0.534. The summed E-state index contributed by atoms with van der Waals surface area (Å²) in [7, 11) is 2.00. The summed E-state index contributed by atoms with van der Waals surface area (Å²) >= 11 is 0. The van der Waals surface area contributed by atoms with Gasteiger partial charge >= 0.3 is 0 Å². The third-order valence-electron chi connectivity index (χ3n) is 5.55. The zero-order valence-electron chi connectivity index (χ0n) is 16.2. The highest BCUT2D eigenvalue weighted by Gasteiger charge is 2.44. The molecule has 2 aliphatic heterocycles. The first kappa shape index (κ1) is 17.0. The Bertz CT molecular complexity index is 1130. The molecule has 2 aromatic heterocycles. The van der Waals surface area contributed by atoms with Gasteiger partial charge < -0.3 is 14.3 Å². The van der Waals surface area contributed by atoms with E-state index < -0.39 is 5.60 Å². The SMILES string of the molecule is CC1=NOC(C)(C(=O)N2CCn3nc(-c4nc5ccccc5n4C)cc3C2)C1. The maximum absolute atomic E-state index is 13.0. The van der Waals surface area contributed by atoms with Crippen molar-refractivity contribution in [3.63, 3.8) is 0 Å². The van der Waals surface area contributed by atoms with Gasteiger partial charge in [0.25, 0.3) is 5.91 Å². The van der Waals surface area contributed by atoms with Crippen molar-refractivity contribution in [3.05, 3.63) is 36.0 Å². The fraction of sp³-hybridized carbons (Fsp3) is 0.400. The van der Waals surface area contributed by atoms with Gasteiger partial charge in [-0.2, -0.15) is 5.10 Å². The predicted molar refractivity (Wildman–Crippen MR) is 105 cm³/mol. The molecule has 3 aromatic rings. The molecule has 8 nitrogen and oxygen atoms in total. The van der Waals surface area contributed by atoms with E-state index in [1.165, 1.54) is 0 Å². The molecule has 0 fully saturated rings. The van der Waals surface area contributed by atoms with Crippen LogP contribution in [0.5, 0.6) is 0 Å². The maximum atomic E-state index is 13.0. The number of oxime groups is 1. The molecule has 0 saturated carbocycles. The Kier molecular flexibility index (Phi) is 3.59. The van der Waals surface area contributed by atoms with Gasteiger partial charge in [0.1, 0.15) is 5.69 Å². The van der Waals surface area contributed by atoms with Crippen LogP contribution in [0.15, 0.2) is 35.5 Å². The van der Waals surface area contributed by atoms with Crippen LogP contribution in [0.4, 0.5) is 0 Å². The lowest BCUT2D eigenvalue weighted by atomic mass is 9.98. The van der Waals surface area contributed by atoms with E-state index in [1.54, 1.807) is 0 Å². The van der Waals surface area contributed by atoms with E-state index in [4.69, 9.17) is 14.9 Å². The van der Waals surface area contributed by atoms with Gasteiger partial charge in [-0.15, -0.1) is 0 Å². The largest absolute Gasteiger partial charge is 0.379 e. The molecule has 0 aliphatic carbocycles. The number of imidazole rings is 1. The molecule has 5 rings (SSSR count). The molecule has 0 radical (unpaired) electrons. The zero-order valence-corrected chi connectivity index (χ0v) is 16.2. The number of rotatable bonds is 2. The van der Waals surface area contributed by atoms with Gasteiger partial charge in [-0.25, -0.2) is 4.98 Å². The molecular weight excluding hydrogens is 356 g/mol. The molecule has 1 atom stereocenters. The summed E-state index contributed by atoms with van der Waals surface area (Å²) < 4.78 is 4.03. The maximum Gasteiger partial charge on any atom is 0.270 e. The molecule has 8 heteroatoms. The van der Waals surface area contributed by atoms with Crippen molar-refractivity contribution in [1.29, 1.82) is 0 Å². The van der Waals surface area contributed by atoms with Crippen molar-refractivity contribution in [1.82, 2.24) is 24.2 Å². The Morgan fingerprint density at radius 3 is 2.82 bits per heavy atom. The molecule has 0 N–H and O–H groups in total. The van der Waals surface area contributed by atoms with Crippen molar-refractivity contribution in [3.8, 4) is 11.5 Å². The van der Waals surface area contributed by atoms with Gasteiger partial charge in [0, 0.05) is 20.0 Å². The average molecular weight is 378 g/mol. The first-order valence-electron chi connectivity index (χ1n) is 9.44. The van der Waals surface area contributed by atoms with Crippen LogP contribution in [0.25, 0.3) is 22.6 Å². The van der Waals surface area contributed by atoms with E-state index in [-0.39, 0.29) is 5.91 Å². The van der Waals surface area contributed by atoms with Crippen molar-refractivity contribution in [2.45, 2.75) is 39.0 Å². The number of amides is 1. The van der Waals surface area contributed by atoms with Gasteiger partial charge in [0.15, 0.2) is 5.82 Å². The normalized spacial score (nSPS) is 21.5. The highest BCUT2D eigenvalue weighted by Crippen LogP contribution is 2.29. The van der Waals surface area contributed by atoms with Gasteiger partial charge in [0.05, 0.1) is 35.5 Å².